The molecule has 0 bridgehead atoms. The van der Waals surface area contributed by atoms with E-state index in [0.29, 0.717) is 11.5 Å². The Morgan fingerprint density at radius 2 is 1.94 bits per heavy atom. The van der Waals surface area contributed by atoms with Crippen LogP contribution in [-0.4, -0.2) is 37.6 Å². The van der Waals surface area contributed by atoms with Gasteiger partial charge in [0.15, 0.2) is 0 Å². The Balaban J connectivity index is 2.42. The van der Waals surface area contributed by atoms with Gasteiger partial charge in [-0.15, -0.1) is 0 Å². The Bertz CT molecular complexity index is 203. The topological polar surface area (TPSA) is 15.3 Å². The predicted molar refractivity (Wildman–Crippen MR) is 76.4 cm³/mol. The molecule has 17 heavy (non-hydrogen) atoms. The van der Waals surface area contributed by atoms with Gasteiger partial charge in [0, 0.05) is 12.6 Å². The second-order valence-corrected chi connectivity index (χ2v) is 6.69. The van der Waals surface area contributed by atoms with E-state index >= 15 is 0 Å². The highest BCUT2D eigenvalue weighted by Crippen LogP contribution is 2.34. The highest BCUT2D eigenvalue weighted by Gasteiger charge is 2.27. The molecule has 1 heterocycles. The summed E-state index contributed by atoms with van der Waals surface area (Å²) in [6.45, 7) is 13.3. The van der Waals surface area contributed by atoms with Crippen molar-refractivity contribution in [2.24, 2.45) is 11.3 Å². The van der Waals surface area contributed by atoms with E-state index < -0.39 is 0 Å². The quantitative estimate of drug-likeness (QED) is 0.812. The molecule has 1 aliphatic heterocycles. The molecule has 1 fully saturated rings. The van der Waals surface area contributed by atoms with E-state index in [4.69, 9.17) is 0 Å². The van der Waals surface area contributed by atoms with Crippen LogP contribution in [0.3, 0.4) is 0 Å². The molecule has 0 aromatic heterocycles. The standard InChI is InChI=1S/C15H32N2/c1-6-14(16-5)12-17-10-7-8-13(9-11-17)15(2,3)4/h13-14,16H,6-12H2,1-5H3. The summed E-state index contributed by atoms with van der Waals surface area (Å²) in [6.07, 6.45) is 5.40. The van der Waals surface area contributed by atoms with Crippen molar-refractivity contribution in [1.82, 2.24) is 10.2 Å². The van der Waals surface area contributed by atoms with E-state index in [9.17, 15) is 0 Å². The molecule has 2 nitrogen and oxygen atoms in total. The lowest BCUT2D eigenvalue weighted by atomic mass is 9.77. The molecule has 1 aliphatic rings. The van der Waals surface area contributed by atoms with Gasteiger partial charge in [-0.25, -0.2) is 0 Å². The number of hydrogen-bond donors (Lipinski definition) is 1. The van der Waals surface area contributed by atoms with Gasteiger partial charge in [0.25, 0.3) is 0 Å². The third kappa shape index (κ3) is 4.97. The first-order valence-electron chi connectivity index (χ1n) is 7.37. The molecule has 2 heteroatoms. The van der Waals surface area contributed by atoms with Gasteiger partial charge in [0.05, 0.1) is 0 Å². The molecular formula is C15H32N2. The second-order valence-electron chi connectivity index (χ2n) is 6.69. The summed E-state index contributed by atoms with van der Waals surface area (Å²) in [5, 5.41) is 3.42. The fourth-order valence-corrected chi connectivity index (χ4v) is 2.94. The number of likely N-dealkylation sites (tertiary alicyclic amines) is 1. The van der Waals surface area contributed by atoms with Crippen LogP contribution >= 0.6 is 0 Å². The lowest BCUT2D eigenvalue weighted by molar-refractivity contribution is 0.203. The molecule has 0 radical (unpaired) electrons. The van der Waals surface area contributed by atoms with Gasteiger partial charge in [0.2, 0.25) is 0 Å². The maximum atomic E-state index is 3.42. The SMILES string of the molecule is CCC(CN1CCCC(C(C)(C)C)CC1)NC. The van der Waals surface area contributed by atoms with Crippen LogP contribution in [0.2, 0.25) is 0 Å². The van der Waals surface area contributed by atoms with E-state index in [1.807, 2.05) is 0 Å². The summed E-state index contributed by atoms with van der Waals surface area (Å²) in [5.41, 5.74) is 0.489. The van der Waals surface area contributed by atoms with Crippen molar-refractivity contribution in [2.45, 2.75) is 59.4 Å². The molecule has 0 aliphatic carbocycles. The number of hydrogen-bond acceptors (Lipinski definition) is 2. The zero-order valence-electron chi connectivity index (χ0n) is 12.6. The molecular weight excluding hydrogens is 208 g/mol. The van der Waals surface area contributed by atoms with Crippen LogP contribution in [0, 0.1) is 11.3 Å². The van der Waals surface area contributed by atoms with Crippen LogP contribution in [0.5, 0.6) is 0 Å². The van der Waals surface area contributed by atoms with Crippen molar-refractivity contribution >= 4 is 0 Å². The number of nitrogens with one attached hydrogen (secondary N) is 1. The monoisotopic (exact) mass is 240 g/mol. The minimum Gasteiger partial charge on any atom is -0.316 e. The molecule has 0 saturated carbocycles. The van der Waals surface area contributed by atoms with E-state index in [2.05, 4.69) is 45.0 Å². The van der Waals surface area contributed by atoms with E-state index in [0.717, 1.165) is 5.92 Å². The van der Waals surface area contributed by atoms with Crippen molar-refractivity contribution in [3.8, 4) is 0 Å². The van der Waals surface area contributed by atoms with Crippen LogP contribution in [-0.2, 0) is 0 Å². The van der Waals surface area contributed by atoms with Gasteiger partial charge < -0.3 is 10.2 Å². The first-order valence-corrected chi connectivity index (χ1v) is 7.37. The normalized spacial score (nSPS) is 25.6. The Labute approximate surface area is 108 Å². The first kappa shape index (κ1) is 15.0. The lowest BCUT2D eigenvalue weighted by Crippen LogP contribution is -2.39. The minimum absolute atomic E-state index is 0.489. The highest BCUT2D eigenvalue weighted by molar-refractivity contribution is 4.80. The van der Waals surface area contributed by atoms with Gasteiger partial charge in [0.1, 0.15) is 0 Å². The van der Waals surface area contributed by atoms with Gasteiger partial charge in [-0.05, 0) is 57.2 Å². The lowest BCUT2D eigenvalue weighted by Gasteiger charge is -2.30. The Morgan fingerprint density at radius 3 is 2.47 bits per heavy atom. The van der Waals surface area contributed by atoms with Crippen LogP contribution in [0.25, 0.3) is 0 Å². The zero-order chi connectivity index (χ0) is 12.9. The summed E-state index contributed by atoms with van der Waals surface area (Å²) in [4.78, 5) is 2.66. The van der Waals surface area contributed by atoms with Crippen molar-refractivity contribution in [2.75, 3.05) is 26.7 Å². The summed E-state index contributed by atoms with van der Waals surface area (Å²) in [7, 11) is 2.09. The molecule has 102 valence electrons. The fraction of sp³-hybridized carbons (Fsp3) is 1.00. The number of rotatable bonds is 4. The average molecular weight is 240 g/mol. The molecule has 1 saturated heterocycles. The molecule has 2 atom stereocenters. The largest absolute Gasteiger partial charge is 0.316 e. The predicted octanol–water partition coefficient (Wildman–Crippen LogP) is 3.13. The maximum Gasteiger partial charge on any atom is 0.0189 e. The smallest absolute Gasteiger partial charge is 0.0189 e. The summed E-state index contributed by atoms with van der Waals surface area (Å²) >= 11 is 0. The van der Waals surface area contributed by atoms with Crippen LogP contribution in [0.15, 0.2) is 0 Å². The van der Waals surface area contributed by atoms with Crippen molar-refractivity contribution in [3.05, 3.63) is 0 Å². The van der Waals surface area contributed by atoms with Gasteiger partial charge in [-0.3, -0.25) is 0 Å². The summed E-state index contributed by atoms with van der Waals surface area (Å²) in [6, 6.07) is 0.668. The van der Waals surface area contributed by atoms with Crippen molar-refractivity contribution < 1.29 is 0 Å². The number of nitrogens with zero attached hydrogens (tertiary/aromatic N) is 1. The molecule has 0 aromatic carbocycles. The minimum atomic E-state index is 0.489. The molecule has 0 aromatic rings. The van der Waals surface area contributed by atoms with Gasteiger partial charge in [-0.2, -0.15) is 0 Å². The van der Waals surface area contributed by atoms with Crippen LogP contribution in [0.4, 0.5) is 0 Å². The van der Waals surface area contributed by atoms with E-state index in [1.54, 1.807) is 0 Å². The highest BCUT2D eigenvalue weighted by atomic mass is 15.1. The number of likely N-dealkylation sites (N-methyl/N-ethyl adjacent to an activating group) is 1. The summed E-state index contributed by atoms with van der Waals surface area (Å²) < 4.78 is 0. The van der Waals surface area contributed by atoms with Gasteiger partial charge >= 0.3 is 0 Å². The third-order valence-electron chi connectivity index (χ3n) is 4.43. The van der Waals surface area contributed by atoms with Crippen LogP contribution in [0.1, 0.15) is 53.4 Å². The van der Waals surface area contributed by atoms with E-state index in [1.165, 1.54) is 45.3 Å². The van der Waals surface area contributed by atoms with Gasteiger partial charge in [-0.1, -0.05) is 27.7 Å². The molecule has 1 N–H and O–H groups in total. The van der Waals surface area contributed by atoms with Crippen molar-refractivity contribution in [1.29, 1.82) is 0 Å². The Kier molecular flexibility index (Phi) is 5.94. The molecule has 0 amide bonds. The Morgan fingerprint density at radius 1 is 1.24 bits per heavy atom. The average Bonchev–Trinajstić information content (AvgIpc) is 2.50. The molecule has 1 rings (SSSR count). The Hall–Kier alpha value is -0.0800. The molecule has 0 spiro atoms. The third-order valence-corrected chi connectivity index (χ3v) is 4.43. The maximum absolute atomic E-state index is 3.42. The second kappa shape index (κ2) is 6.75. The van der Waals surface area contributed by atoms with E-state index in [-0.39, 0.29) is 0 Å². The fourth-order valence-electron chi connectivity index (χ4n) is 2.94. The molecule has 2 unspecified atom stereocenters. The first-order chi connectivity index (χ1) is 7.97. The summed E-state index contributed by atoms with van der Waals surface area (Å²) in [5.74, 6) is 0.905. The zero-order valence-corrected chi connectivity index (χ0v) is 12.6. The van der Waals surface area contributed by atoms with Crippen molar-refractivity contribution in [3.63, 3.8) is 0 Å². The van der Waals surface area contributed by atoms with Crippen LogP contribution < -0.4 is 5.32 Å².